The lowest BCUT2D eigenvalue weighted by Crippen LogP contribution is -2.37. The Balaban J connectivity index is 1.65. The van der Waals surface area contributed by atoms with Crippen molar-refractivity contribution in [3.05, 3.63) is 41.4 Å². The summed E-state index contributed by atoms with van der Waals surface area (Å²) in [7, 11) is -1.50. The van der Waals surface area contributed by atoms with E-state index in [2.05, 4.69) is 21.6 Å². The van der Waals surface area contributed by atoms with Crippen LogP contribution in [-0.4, -0.2) is 62.6 Å². The largest absolute Gasteiger partial charge is 0.490 e. The molecule has 0 saturated carbocycles. The Morgan fingerprint density at radius 2 is 1.90 bits per heavy atom. The molecule has 0 radical (unpaired) electrons. The third-order valence-corrected chi connectivity index (χ3v) is 7.64. The third-order valence-electron chi connectivity index (χ3n) is 5.41. The summed E-state index contributed by atoms with van der Waals surface area (Å²) >= 11 is 1.64. The molecule has 0 unspecified atom stereocenters. The van der Waals surface area contributed by atoms with Crippen molar-refractivity contribution in [1.82, 2.24) is 14.5 Å². The molecule has 3 heterocycles. The molecule has 0 spiro atoms. The molecule has 1 aromatic carbocycles. The second-order valence-corrected chi connectivity index (χ2v) is 10.3. The van der Waals surface area contributed by atoms with E-state index in [1.54, 1.807) is 22.8 Å². The summed E-state index contributed by atoms with van der Waals surface area (Å²) in [6.45, 7) is 2.02. The highest BCUT2D eigenvalue weighted by Crippen LogP contribution is 2.39. The van der Waals surface area contributed by atoms with Crippen molar-refractivity contribution in [3.8, 4) is 17.0 Å². The van der Waals surface area contributed by atoms with Crippen LogP contribution in [0, 0.1) is 0 Å². The van der Waals surface area contributed by atoms with Crippen molar-refractivity contribution in [3.63, 3.8) is 0 Å². The van der Waals surface area contributed by atoms with Gasteiger partial charge >= 0.3 is 0 Å². The molecular formula is C21H25N3O4S2. The smallest absolute Gasteiger partial charge is 0.211 e. The summed E-state index contributed by atoms with van der Waals surface area (Å²) in [5.74, 6) is 0.961. The van der Waals surface area contributed by atoms with E-state index >= 15 is 0 Å². The van der Waals surface area contributed by atoms with E-state index in [9.17, 15) is 8.42 Å². The number of nitrogens with zero attached hydrogens (tertiary/aromatic N) is 3. The molecule has 4 rings (SSSR count). The highest BCUT2D eigenvalue weighted by atomic mass is 32.2. The molecule has 7 nitrogen and oxygen atoms in total. The monoisotopic (exact) mass is 447 g/mol. The van der Waals surface area contributed by atoms with Gasteiger partial charge in [0.25, 0.3) is 0 Å². The fraction of sp³-hybridized carbons (Fsp3) is 0.429. The Morgan fingerprint density at radius 1 is 1.13 bits per heavy atom. The Bertz CT molecular complexity index is 1120. The molecule has 1 aliphatic heterocycles. The van der Waals surface area contributed by atoms with Crippen LogP contribution in [0.15, 0.2) is 35.7 Å². The van der Waals surface area contributed by atoms with Crippen molar-refractivity contribution in [2.45, 2.75) is 18.8 Å². The molecule has 9 heteroatoms. The lowest BCUT2D eigenvalue weighted by molar-refractivity contribution is 0.146. The Hall–Kier alpha value is -2.07. The minimum Gasteiger partial charge on any atom is -0.490 e. The molecule has 1 aliphatic rings. The molecule has 0 bridgehead atoms. The first kappa shape index (κ1) is 21.2. The number of methoxy groups -OCH3 is 1. The predicted octanol–water partition coefficient (Wildman–Crippen LogP) is 3.52. The number of piperidine rings is 1. The minimum atomic E-state index is -3.14. The normalized spacial score (nSPS) is 16.2. The lowest BCUT2D eigenvalue weighted by Gasteiger charge is -2.30. The summed E-state index contributed by atoms with van der Waals surface area (Å²) in [5, 5.41) is 12.4. The van der Waals surface area contributed by atoms with Crippen LogP contribution in [0.4, 0.5) is 0 Å². The fourth-order valence-corrected chi connectivity index (χ4v) is 5.64. The number of hydrogen-bond donors (Lipinski definition) is 0. The first-order chi connectivity index (χ1) is 14.5. The number of ether oxygens (including phenoxy) is 2. The molecular weight excluding hydrogens is 422 g/mol. The maximum absolute atomic E-state index is 11.8. The van der Waals surface area contributed by atoms with Crippen molar-refractivity contribution >= 4 is 31.4 Å². The van der Waals surface area contributed by atoms with Crippen molar-refractivity contribution < 1.29 is 17.9 Å². The zero-order valence-electron chi connectivity index (χ0n) is 17.1. The zero-order valence-corrected chi connectivity index (χ0v) is 18.7. The number of hydrogen-bond acceptors (Lipinski definition) is 7. The van der Waals surface area contributed by atoms with E-state index in [0.717, 1.165) is 45.6 Å². The van der Waals surface area contributed by atoms with Gasteiger partial charge in [0.15, 0.2) is 0 Å². The van der Waals surface area contributed by atoms with Gasteiger partial charge in [0, 0.05) is 37.1 Å². The van der Waals surface area contributed by atoms with E-state index in [0.29, 0.717) is 26.3 Å². The van der Waals surface area contributed by atoms with Crippen molar-refractivity contribution in [1.29, 1.82) is 0 Å². The quantitative estimate of drug-likeness (QED) is 0.516. The second kappa shape index (κ2) is 8.97. The van der Waals surface area contributed by atoms with Crippen LogP contribution >= 0.6 is 11.3 Å². The Labute approximate surface area is 180 Å². The highest BCUT2D eigenvalue weighted by molar-refractivity contribution is 7.88. The number of sulfonamides is 1. The van der Waals surface area contributed by atoms with Crippen LogP contribution in [0.5, 0.6) is 5.75 Å². The van der Waals surface area contributed by atoms with Gasteiger partial charge in [-0.15, -0.1) is 16.4 Å². The van der Waals surface area contributed by atoms with Crippen LogP contribution in [-0.2, 0) is 14.8 Å². The van der Waals surface area contributed by atoms with Crippen LogP contribution < -0.4 is 4.74 Å². The molecule has 2 aromatic heterocycles. The first-order valence-electron chi connectivity index (χ1n) is 9.89. The van der Waals surface area contributed by atoms with Gasteiger partial charge in [-0.05, 0) is 36.4 Å². The SMILES string of the molecule is COCCOc1ccccc1-c1nnc(C2CCN(S(C)(=O)=O)CC2)c2ccsc12. The number of aromatic nitrogens is 2. The van der Waals surface area contributed by atoms with Gasteiger partial charge in [0.2, 0.25) is 10.0 Å². The zero-order chi connectivity index (χ0) is 21.1. The number of fused-ring (bicyclic) bond motifs is 1. The molecule has 1 saturated heterocycles. The van der Waals surface area contributed by atoms with Crippen LogP contribution in [0.2, 0.25) is 0 Å². The molecule has 0 N–H and O–H groups in total. The average molecular weight is 448 g/mol. The van der Waals surface area contributed by atoms with Gasteiger partial charge in [-0.3, -0.25) is 0 Å². The van der Waals surface area contributed by atoms with Gasteiger partial charge in [-0.2, -0.15) is 5.10 Å². The highest BCUT2D eigenvalue weighted by Gasteiger charge is 2.28. The summed E-state index contributed by atoms with van der Waals surface area (Å²) < 4.78 is 37.2. The van der Waals surface area contributed by atoms with Crippen LogP contribution in [0.25, 0.3) is 21.3 Å². The van der Waals surface area contributed by atoms with E-state index in [-0.39, 0.29) is 5.92 Å². The average Bonchev–Trinajstić information content (AvgIpc) is 3.23. The maximum Gasteiger partial charge on any atom is 0.211 e. The van der Waals surface area contributed by atoms with E-state index in [1.807, 2.05) is 24.3 Å². The topological polar surface area (TPSA) is 81.6 Å². The molecule has 0 amide bonds. The van der Waals surface area contributed by atoms with Crippen LogP contribution in [0.1, 0.15) is 24.5 Å². The second-order valence-electron chi connectivity index (χ2n) is 7.37. The number of benzene rings is 1. The Morgan fingerprint density at radius 3 is 2.63 bits per heavy atom. The molecule has 0 aliphatic carbocycles. The summed E-state index contributed by atoms with van der Waals surface area (Å²) in [6, 6.07) is 9.92. The van der Waals surface area contributed by atoms with Gasteiger partial charge in [0.05, 0.1) is 23.3 Å². The van der Waals surface area contributed by atoms with E-state index < -0.39 is 10.0 Å². The summed E-state index contributed by atoms with van der Waals surface area (Å²) in [5.41, 5.74) is 2.68. The first-order valence-corrected chi connectivity index (χ1v) is 12.6. The number of thiophene rings is 1. The summed E-state index contributed by atoms with van der Waals surface area (Å²) in [4.78, 5) is 0. The molecule has 1 fully saturated rings. The molecule has 30 heavy (non-hydrogen) atoms. The van der Waals surface area contributed by atoms with Gasteiger partial charge < -0.3 is 9.47 Å². The minimum absolute atomic E-state index is 0.204. The van der Waals surface area contributed by atoms with Crippen molar-refractivity contribution in [2.24, 2.45) is 0 Å². The fourth-order valence-electron chi connectivity index (χ4n) is 3.86. The predicted molar refractivity (Wildman–Crippen MR) is 119 cm³/mol. The van der Waals surface area contributed by atoms with E-state index in [1.165, 1.54) is 6.26 Å². The summed E-state index contributed by atoms with van der Waals surface area (Å²) in [6.07, 6.45) is 2.77. The molecule has 0 atom stereocenters. The lowest BCUT2D eigenvalue weighted by atomic mass is 9.92. The standard InChI is InChI=1S/C21H25N3O4S2/c1-27-12-13-28-18-6-4-3-5-16(18)20-21-17(9-14-29-21)19(22-23-20)15-7-10-24(11-8-15)30(2,25)26/h3-6,9,14-15H,7-8,10-13H2,1-2H3. The van der Waals surface area contributed by atoms with Crippen molar-refractivity contribution in [2.75, 3.05) is 39.7 Å². The van der Waals surface area contributed by atoms with Crippen LogP contribution in [0.3, 0.4) is 0 Å². The molecule has 3 aromatic rings. The maximum atomic E-state index is 11.8. The van der Waals surface area contributed by atoms with Gasteiger partial charge in [0.1, 0.15) is 18.1 Å². The number of rotatable bonds is 7. The number of para-hydroxylation sites is 1. The Kier molecular flexibility index (Phi) is 6.33. The molecule has 160 valence electrons. The van der Waals surface area contributed by atoms with Gasteiger partial charge in [-0.25, -0.2) is 12.7 Å². The van der Waals surface area contributed by atoms with E-state index in [4.69, 9.17) is 9.47 Å². The third kappa shape index (κ3) is 4.34. The van der Waals surface area contributed by atoms with Gasteiger partial charge in [-0.1, -0.05) is 12.1 Å².